The van der Waals surface area contributed by atoms with Crippen LogP contribution in [0.2, 0.25) is 0 Å². The first-order valence-corrected chi connectivity index (χ1v) is 12.1. The van der Waals surface area contributed by atoms with Gasteiger partial charge < -0.3 is 16.4 Å². The fourth-order valence-electron chi connectivity index (χ4n) is 5.99. The lowest BCUT2D eigenvalue weighted by molar-refractivity contribution is 0.100. The van der Waals surface area contributed by atoms with E-state index >= 15 is 0 Å². The van der Waals surface area contributed by atoms with Crippen LogP contribution in [0.5, 0.6) is 0 Å². The molecule has 0 unspecified atom stereocenters. The average Bonchev–Trinajstić information content (AvgIpc) is 3.02. The highest BCUT2D eigenvalue weighted by Gasteiger charge is 2.38. The topological polar surface area (TPSA) is 85.0 Å². The van der Waals surface area contributed by atoms with E-state index in [1.54, 1.807) is 16.8 Å². The Hall–Kier alpha value is -2.48. The van der Waals surface area contributed by atoms with Crippen molar-refractivity contribution in [1.82, 2.24) is 15.1 Å². The SMILES string of the molecule is CC1(C)CCc2c(C(F)F)nn(-c3ccc(C(N)=O)c(NC4CC(C)(C)NC(C)(C)C4)c3)c2C1. The monoisotopic (exact) mass is 473 g/mol. The molecule has 2 heterocycles. The summed E-state index contributed by atoms with van der Waals surface area (Å²) in [6.45, 7) is 13.0. The average molecular weight is 474 g/mol. The summed E-state index contributed by atoms with van der Waals surface area (Å²) in [6.07, 6.45) is 1.20. The van der Waals surface area contributed by atoms with Gasteiger partial charge in [-0.25, -0.2) is 13.5 Å². The standard InChI is InChI=1S/C26H37F2N5O/c1-24(2)10-9-18-20(14-24)33(31-21(18)22(27)28)16-7-8-17(23(29)34)19(11-16)30-15-12-25(3,4)32-26(5,6)13-15/h7-8,11,15,22,30,32H,9-10,12-14H2,1-6H3,(H2,29,34). The van der Waals surface area contributed by atoms with Gasteiger partial charge in [0.2, 0.25) is 0 Å². The molecule has 1 aliphatic carbocycles. The molecule has 1 aromatic heterocycles. The summed E-state index contributed by atoms with van der Waals surface area (Å²) in [5.74, 6) is -0.529. The van der Waals surface area contributed by atoms with Crippen LogP contribution in [0, 0.1) is 5.41 Å². The van der Waals surface area contributed by atoms with Crippen LogP contribution in [0.3, 0.4) is 0 Å². The Balaban J connectivity index is 1.76. The van der Waals surface area contributed by atoms with Crippen molar-refractivity contribution in [3.05, 3.63) is 40.7 Å². The number of carbonyl (C=O) groups is 1. The second kappa shape index (κ2) is 8.33. The summed E-state index contributed by atoms with van der Waals surface area (Å²) in [5, 5.41) is 11.6. The Kier molecular flexibility index (Phi) is 6.03. The normalized spacial score (nSPS) is 21.3. The largest absolute Gasteiger partial charge is 0.381 e. The predicted octanol–water partition coefficient (Wildman–Crippen LogP) is 5.14. The molecule has 1 saturated heterocycles. The Bertz CT molecular complexity index is 1090. The second-order valence-electron chi connectivity index (χ2n) is 12.1. The number of nitrogens with zero attached hydrogens (tertiary/aromatic N) is 2. The van der Waals surface area contributed by atoms with E-state index in [4.69, 9.17) is 5.73 Å². The first-order chi connectivity index (χ1) is 15.7. The molecule has 0 saturated carbocycles. The van der Waals surface area contributed by atoms with Crippen molar-refractivity contribution >= 4 is 11.6 Å². The molecule has 4 rings (SSSR count). The number of anilines is 1. The number of primary amides is 1. The Morgan fingerprint density at radius 1 is 1.18 bits per heavy atom. The summed E-state index contributed by atoms with van der Waals surface area (Å²) in [5.41, 5.74) is 8.53. The van der Waals surface area contributed by atoms with Gasteiger partial charge in [0.15, 0.2) is 0 Å². The number of piperidine rings is 1. The molecule has 4 N–H and O–H groups in total. The van der Waals surface area contributed by atoms with Crippen molar-refractivity contribution < 1.29 is 13.6 Å². The van der Waals surface area contributed by atoms with Crippen LogP contribution in [0.15, 0.2) is 18.2 Å². The fourth-order valence-corrected chi connectivity index (χ4v) is 5.99. The molecule has 1 aromatic carbocycles. The zero-order valence-corrected chi connectivity index (χ0v) is 21.1. The fraction of sp³-hybridized carbons (Fsp3) is 0.615. The summed E-state index contributed by atoms with van der Waals surface area (Å²) in [7, 11) is 0. The van der Waals surface area contributed by atoms with Crippen molar-refractivity contribution in [3.8, 4) is 5.69 Å². The lowest BCUT2D eigenvalue weighted by Gasteiger charge is -2.47. The van der Waals surface area contributed by atoms with Gasteiger partial charge in [0.25, 0.3) is 12.3 Å². The number of nitrogens with two attached hydrogens (primary N) is 1. The third-order valence-corrected chi connectivity index (χ3v) is 7.09. The van der Waals surface area contributed by atoms with Crippen LogP contribution < -0.4 is 16.4 Å². The van der Waals surface area contributed by atoms with Crippen molar-refractivity contribution in [2.24, 2.45) is 11.1 Å². The lowest BCUT2D eigenvalue weighted by atomic mass is 9.76. The molecule has 0 bridgehead atoms. The molecule has 0 radical (unpaired) electrons. The van der Waals surface area contributed by atoms with Crippen LogP contribution >= 0.6 is 0 Å². The van der Waals surface area contributed by atoms with E-state index < -0.39 is 12.3 Å². The molecule has 6 nitrogen and oxygen atoms in total. The number of rotatable bonds is 5. The third kappa shape index (κ3) is 4.97. The minimum absolute atomic E-state index is 0.00465. The summed E-state index contributed by atoms with van der Waals surface area (Å²) in [4.78, 5) is 12.2. The molecular formula is C26H37F2N5O. The third-order valence-electron chi connectivity index (χ3n) is 7.09. The molecule has 2 aromatic rings. The Labute approximate surface area is 200 Å². The number of nitrogens with one attached hydrogen (secondary N) is 2. The van der Waals surface area contributed by atoms with Crippen LogP contribution in [0.25, 0.3) is 5.69 Å². The van der Waals surface area contributed by atoms with Crippen LogP contribution in [0.4, 0.5) is 14.5 Å². The number of amides is 1. The zero-order chi connectivity index (χ0) is 25.1. The first kappa shape index (κ1) is 24.6. The number of carbonyl (C=O) groups excluding carboxylic acids is 1. The minimum Gasteiger partial charge on any atom is -0.381 e. The van der Waals surface area contributed by atoms with Gasteiger partial charge >= 0.3 is 0 Å². The first-order valence-electron chi connectivity index (χ1n) is 12.1. The van der Waals surface area contributed by atoms with E-state index in [1.165, 1.54) is 0 Å². The molecule has 1 amide bonds. The highest BCUT2D eigenvalue weighted by molar-refractivity contribution is 5.99. The number of hydrogen-bond acceptors (Lipinski definition) is 4. The van der Waals surface area contributed by atoms with Gasteiger partial charge in [-0.1, -0.05) is 13.8 Å². The van der Waals surface area contributed by atoms with E-state index in [0.29, 0.717) is 35.3 Å². The highest BCUT2D eigenvalue weighted by atomic mass is 19.3. The number of hydrogen-bond donors (Lipinski definition) is 3. The van der Waals surface area contributed by atoms with Crippen molar-refractivity contribution in [2.75, 3.05) is 5.32 Å². The summed E-state index contributed by atoms with van der Waals surface area (Å²) >= 11 is 0. The van der Waals surface area contributed by atoms with E-state index in [2.05, 4.69) is 57.3 Å². The molecule has 8 heteroatoms. The van der Waals surface area contributed by atoms with Crippen molar-refractivity contribution in [3.63, 3.8) is 0 Å². The number of aromatic nitrogens is 2. The maximum atomic E-state index is 13.8. The predicted molar refractivity (Wildman–Crippen MR) is 131 cm³/mol. The molecule has 186 valence electrons. The molecule has 1 aliphatic heterocycles. The van der Waals surface area contributed by atoms with Crippen molar-refractivity contribution in [2.45, 2.75) is 97.2 Å². The van der Waals surface area contributed by atoms with Crippen LogP contribution in [0.1, 0.15) is 94.5 Å². The highest BCUT2D eigenvalue weighted by Crippen LogP contribution is 2.40. The lowest BCUT2D eigenvalue weighted by Crippen LogP contribution is -2.60. The Morgan fingerprint density at radius 3 is 2.41 bits per heavy atom. The van der Waals surface area contributed by atoms with E-state index in [9.17, 15) is 13.6 Å². The number of benzene rings is 1. The van der Waals surface area contributed by atoms with Crippen LogP contribution in [-0.4, -0.2) is 32.8 Å². The van der Waals surface area contributed by atoms with Gasteiger partial charge in [-0.15, -0.1) is 0 Å². The number of alkyl halides is 2. The van der Waals surface area contributed by atoms with Gasteiger partial charge in [-0.2, -0.15) is 5.10 Å². The second-order valence-corrected chi connectivity index (χ2v) is 12.1. The van der Waals surface area contributed by atoms with Gasteiger partial charge in [0, 0.05) is 34.1 Å². The van der Waals surface area contributed by atoms with E-state index in [1.807, 2.05) is 6.07 Å². The quantitative estimate of drug-likeness (QED) is 0.561. The molecule has 0 spiro atoms. The maximum absolute atomic E-state index is 13.8. The van der Waals surface area contributed by atoms with Gasteiger partial charge in [-0.3, -0.25) is 4.79 Å². The Morgan fingerprint density at radius 2 is 1.82 bits per heavy atom. The molecule has 34 heavy (non-hydrogen) atoms. The maximum Gasteiger partial charge on any atom is 0.282 e. The smallest absolute Gasteiger partial charge is 0.282 e. The van der Waals surface area contributed by atoms with Gasteiger partial charge in [0.1, 0.15) is 5.69 Å². The zero-order valence-electron chi connectivity index (χ0n) is 21.1. The van der Waals surface area contributed by atoms with E-state index in [0.717, 1.165) is 25.0 Å². The van der Waals surface area contributed by atoms with Gasteiger partial charge in [-0.05, 0) is 83.4 Å². The molecule has 1 fully saturated rings. The molecule has 0 atom stereocenters. The van der Waals surface area contributed by atoms with Crippen LogP contribution in [-0.2, 0) is 12.8 Å². The minimum atomic E-state index is -2.63. The number of fused-ring (bicyclic) bond motifs is 1. The summed E-state index contributed by atoms with van der Waals surface area (Å²) < 4.78 is 29.3. The number of halogens is 2. The molecule has 2 aliphatic rings. The summed E-state index contributed by atoms with van der Waals surface area (Å²) in [6, 6.07) is 5.35. The van der Waals surface area contributed by atoms with E-state index in [-0.39, 0.29) is 28.2 Å². The van der Waals surface area contributed by atoms with Gasteiger partial charge in [0.05, 0.1) is 11.3 Å². The van der Waals surface area contributed by atoms with Crippen molar-refractivity contribution in [1.29, 1.82) is 0 Å². The molecular weight excluding hydrogens is 436 g/mol.